The van der Waals surface area contributed by atoms with Crippen LogP contribution in [0, 0.1) is 12.3 Å². The molecule has 30 heavy (non-hydrogen) atoms. The summed E-state index contributed by atoms with van der Waals surface area (Å²) in [5.41, 5.74) is 6.19. The largest absolute Gasteiger partial charge is 0.492 e. The van der Waals surface area contributed by atoms with Gasteiger partial charge in [-0.1, -0.05) is 18.7 Å². The van der Waals surface area contributed by atoms with Crippen LogP contribution in [0.2, 0.25) is 0 Å². The molecular weight excluding hydrogens is 384 g/mol. The van der Waals surface area contributed by atoms with Crippen molar-refractivity contribution in [1.29, 1.82) is 0 Å². The maximum absolute atomic E-state index is 12.5. The molecule has 8 nitrogen and oxygen atoms in total. The molecule has 4 N–H and O–H groups in total. The third-order valence-electron chi connectivity index (χ3n) is 4.40. The molecule has 1 amide bonds. The van der Waals surface area contributed by atoms with E-state index in [9.17, 15) is 14.7 Å². The van der Waals surface area contributed by atoms with Crippen molar-refractivity contribution < 1.29 is 19.4 Å². The number of benzene rings is 1. The van der Waals surface area contributed by atoms with Gasteiger partial charge in [-0.3, -0.25) is 14.8 Å². The number of fused-ring (bicyclic) bond motifs is 1. The maximum atomic E-state index is 12.5. The van der Waals surface area contributed by atoms with Gasteiger partial charge in [-0.25, -0.2) is 4.79 Å². The van der Waals surface area contributed by atoms with Crippen molar-refractivity contribution in [2.24, 2.45) is 10.4 Å². The van der Waals surface area contributed by atoms with Gasteiger partial charge in [-0.05, 0) is 39.0 Å². The Morgan fingerprint density at radius 1 is 1.40 bits per heavy atom. The monoisotopic (exact) mass is 410 g/mol. The molecule has 0 saturated heterocycles. The minimum atomic E-state index is -1.15. The first kappa shape index (κ1) is 22.6. The Morgan fingerprint density at radius 3 is 2.80 bits per heavy atom. The van der Waals surface area contributed by atoms with Gasteiger partial charge < -0.3 is 20.9 Å². The molecule has 0 fully saturated rings. The van der Waals surface area contributed by atoms with Gasteiger partial charge in [-0.15, -0.1) is 0 Å². The number of carbonyl (C=O) groups is 2. The average molecular weight is 410 g/mol. The lowest BCUT2D eigenvalue weighted by molar-refractivity contribution is -0.130. The molecule has 2 aromatic rings. The van der Waals surface area contributed by atoms with Crippen molar-refractivity contribution in [3.05, 3.63) is 54.4 Å². The van der Waals surface area contributed by atoms with Gasteiger partial charge in [0.15, 0.2) is 0 Å². The van der Waals surface area contributed by atoms with Crippen LogP contribution in [0.1, 0.15) is 29.9 Å². The summed E-state index contributed by atoms with van der Waals surface area (Å²) in [7, 11) is 0. The summed E-state index contributed by atoms with van der Waals surface area (Å²) in [4.78, 5) is 32.2. The van der Waals surface area contributed by atoms with E-state index in [1.165, 1.54) is 6.20 Å². The summed E-state index contributed by atoms with van der Waals surface area (Å²) in [6.45, 7) is 8.98. The van der Waals surface area contributed by atoms with Crippen molar-refractivity contribution in [2.45, 2.75) is 20.8 Å². The molecule has 1 heterocycles. The van der Waals surface area contributed by atoms with Gasteiger partial charge in [0.1, 0.15) is 17.9 Å². The summed E-state index contributed by atoms with van der Waals surface area (Å²) in [5, 5.41) is 12.7. The number of anilines is 1. The van der Waals surface area contributed by atoms with Crippen LogP contribution in [0.5, 0.6) is 5.75 Å². The van der Waals surface area contributed by atoms with Gasteiger partial charge in [-0.2, -0.15) is 0 Å². The lowest BCUT2D eigenvalue weighted by Crippen LogP contribution is -2.40. The van der Waals surface area contributed by atoms with Crippen molar-refractivity contribution >= 4 is 34.7 Å². The molecule has 0 bridgehead atoms. The molecule has 0 aliphatic heterocycles. The fourth-order valence-corrected chi connectivity index (χ4v) is 2.78. The highest BCUT2D eigenvalue weighted by Gasteiger charge is 2.29. The highest BCUT2D eigenvalue weighted by Crippen LogP contribution is 2.34. The summed E-state index contributed by atoms with van der Waals surface area (Å²) < 4.78 is 5.90. The molecule has 2 rings (SSSR count). The molecular formula is C22H26N4O4. The van der Waals surface area contributed by atoms with Gasteiger partial charge in [0.2, 0.25) is 5.91 Å². The second-order valence-corrected chi connectivity index (χ2v) is 7.23. The molecule has 1 aromatic heterocycles. The lowest BCUT2D eigenvalue weighted by atomic mass is 9.93. The minimum absolute atomic E-state index is 0.0534. The zero-order valence-corrected chi connectivity index (χ0v) is 17.3. The predicted molar refractivity (Wildman–Crippen MR) is 118 cm³/mol. The van der Waals surface area contributed by atoms with E-state index in [4.69, 9.17) is 10.5 Å². The maximum Gasteiger partial charge on any atom is 0.339 e. The Balaban J connectivity index is 2.18. The number of aromatic nitrogens is 1. The van der Waals surface area contributed by atoms with E-state index in [1.54, 1.807) is 57.3 Å². The van der Waals surface area contributed by atoms with Crippen LogP contribution in [0.4, 0.5) is 5.69 Å². The summed E-state index contributed by atoms with van der Waals surface area (Å²) in [6.07, 6.45) is 6.45. The fraction of sp³-hybridized carbons (Fsp3) is 0.273. The van der Waals surface area contributed by atoms with Crippen LogP contribution in [-0.2, 0) is 4.79 Å². The first-order valence-corrected chi connectivity index (χ1v) is 9.31. The van der Waals surface area contributed by atoms with E-state index >= 15 is 0 Å². The number of aryl methyl sites for hydroxylation is 1. The van der Waals surface area contributed by atoms with Crippen molar-refractivity contribution in [2.75, 3.05) is 18.9 Å². The second-order valence-electron chi connectivity index (χ2n) is 7.23. The number of carboxylic acid groups (broad SMARTS) is 1. The van der Waals surface area contributed by atoms with Crippen LogP contribution < -0.4 is 15.8 Å². The standard InChI is InChI=1S/C22H26N4O4/c1-5-24-11-6-7-12-25-21(29)22(3,4)13-30-16-10-8-9-15-18(16)19(23)17(20(27)28)14(2)26-15/h5-11H,1,12-13H2,2-4H3,(H2,23,26)(H,25,29)(H,27,28)/b7-6+,24-11?. The molecule has 0 unspecified atom stereocenters. The van der Waals surface area contributed by atoms with E-state index < -0.39 is 11.4 Å². The van der Waals surface area contributed by atoms with Gasteiger partial charge in [0, 0.05) is 19.0 Å². The number of pyridine rings is 1. The Kier molecular flexibility index (Phi) is 7.30. The number of allylic oxidation sites excluding steroid dienone is 1. The Morgan fingerprint density at radius 2 is 2.13 bits per heavy atom. The first-order chi connectivity index (χ1) is 14.2. The number of hydrogen-bond acceptors (Lipinski definition) is 6. The quantitative estimate of drug-likeness (QED) is 0.545. The van der Waals surface area contributed by atoms with Crippen LogP contribution >= 0.6 is 0 Å². The number of rotatable bonds is 9. The molecule has 8 heteroatoms. The number of nitrogens with one attached hydrogen (secondary N) is 1. The Hall–Kier alpha value is -3.68. The number of aromatic carboxylic acids is 1. The number of hydrogen-bond donors (Lipinski definition) is 3. The van der Waals surface area contributed by atoms with E-state index in [0.717, 1.165) is 0 Å². The molecule has 1 aromatic carbocycles. The summed E-state index contributed by atoms with van der Waals surface area (Å²) >= 11 is 0. The normalized spacial score (nSPS) is 11.8. The van der Waals surface area contributed by atoms with Crippen molar-refractivity contribution in [1.82, 2.24) is 10.3 Å². The van der Waals surface area contributed by atoms with Crippen LogP contribution in [0.3, 0.4) is 0 Å². The number of amides is 1. The smallest absolute Gasteiger partial charge is 0.339 e. The molecule has 0 radical (unpaired) electrons. The van der Waals surface area contributed by atoms with E-state index in [1.807, 2.05) is 0 Å². The number of aliphatic imine (C=N–C) groups is 1. The molecule has 0 spiro atoms. The van der Waals surface area contributed by atoms with E-state index in [-0.39, 0.29) is 23.8 Å². The molecule has 0 saturated carbocycles. The topological polar surface area (TPSA) is 127 Å². The van der Waals surface area contributed by atoms with E-state index in [0.29, 0.717) is 28.9 Å². The summed E-state index contributed by atoms with van der Waals surface area (Å²) in [5.74, 6) is -0.970. The summed E-state index contributed by atoms with van der Waals surface area (Å²) in [6, 6.07) is 5.15. The lowest BCUT2D eigenvalue weighted by Gasteiger charge is -2.24. The second kappa shape index (κ2) is 9.69. The average Bonchev–Trinajstić information content (AvgIpc) is 2.68. The van der Waals surface area contributed by atoms with Crippen molar-refractivity contribution in [3.63, 3.8) is 0 Å². The van der Waals surface area contributed by atoms with Crippen LogP contribution in [0.25, 0.3) is 10.9 Å². The van der Waals surface area contributed by atoms with Crippen LogP contribution in [-0.4, -0.2) is 41.3 Å². The number of carbonyl (C=O) groups excluding carboxylic acids is 1. The first-order valence-electron chi connectivity index (χ1n) is 9.31. The van der Waals surface area contributed by atoms with Crippen molar-refractivity contribution in [3.8, 4) is 5.75 Å². The van der Waals surface area contributed by atoms with Gasteiger partial charge >= 0.3 is 5.97 Å². The van der Waals surface area contributed by atoms with Crippen LogP contribution in [0.15, 0.2) is 48.1 Å². The highest BCUT2D eigenvalue weighted by atomic mass is 16.5. The third-order valence-corrected chi connectivity index (χ3v) is 4.40. The van der Waals surface area contributed by atoms with Gasteiger partial charge in [0.05, 0.1) is 27.7 Å². The number of carboxylic acids is 1. The molecule has 158 valence electrons. The fourth-order valence-electron chi connectivity index (χ4n) is 2.78. The zero-order chi connectivity index (χ0) is 22.3. The minimum Gasteiger partial charge on any atom is -0.492 e. The van der Waals surface area contributed by atoms with E-state index in [2.05, 4.69) is 21.9 Å². The Bertz CT molecular complexity index is 1030. The Labute approximate surface area is 175 Å². The number of ether oxygens (including phenoxy) is 1. The number of nitrogens with two attached hydrogens (primary N) is 1. The number of nitrogen functional groups attached to an aromatic ring is 1. The van der Waals surface area contributed by atoms with Gasteiger partial charge in [0.25, 0.3) is 0 Å². The zero-order valence-electron chi connectivity index (χ0n) is 17.3. The predicted octanol–water partition coefficient (Wildman–Crippen LogP) is 3.12. The molecule has 0 aliphatic carbocycles. The SMILES string of the molecule is C=CN=C/C=C/CNC(=O)C(C)(C)COc1cccc2nc(C)c(C(=O)O)c(N)c12. The molecule has 0 atom stereocenters. The highest BCUT2D eigenvalue weighted by molar-refractivity contribution is 6.06. The molecule has 0 aliphatic rings. The third kappa shape index (κ3) is 5.22. The number of nitrogens with zero attached hydrogens (tertiary/aromatic N) is 2.